The van der Waals surface area contributed by atoms with Crippen LogP contribution in [-0.4, -0.2) is 18.4 Å². The smallest absolute Gasteiger partial charge is 0.376 e. The summed E-state index contributed by atoms with van der Waals surface area (Å²) >= 11 is 0. The molecule has 0 aromatic heterocycles. The molecule has 9 heteroatoms. The topological polar surface area (TPSA) is 82.3 Å². The molecule has 0 saturated heterocycles. The molecule has 0 unspecified atom stereocenters. The minimum absolute atomic E-state index is 0.173. The molecule has 0 atom stereocenters. The molecular weight excluding hydrogens is 373 g/mol. The summed E-state index contributed by atoms with van der Waals surface area (Å²) < 4.78 is 38.1. The van der Waals surface area contributed by atoms with Crippen molar-refractivity contribution in [3.05, 3.63) is 66.2 Å². The van der Waals surface area contributed by atoms with Crippen molar-refractivity contribution in [2.24, 2.45) is 0 Å². The SMILES string of the molecule is C=C(NNC(=O)CNc1cccc(C(F)(F)F)c1)c1cccc(NC(C)=O)c1. The van der Waals surface area contributed by atoms with Gasteiger partial charge in [0, 0.05) is 23.9 Å². The van der Waals surface area contributed by atoms with E-state index in [9.17, 15) is 22.8 Å². The number of nitrogens with one attached hydrogen (secondary N) is 4. The second kappa shape index (κ2) is 8.94. The van der Waals surface area contributed by atoms with Crippen molar-refractivity contribution in [1.82, 2.24) is 10.9 Å². The number of anilines is 2. The molecule has 28 heavy (non-hydrogen) atoms. The average Bonchev–Trinajstić information content (AvgIpc) is 2.63. The molecule has 6 nitrogen and oxygen atoms in total. The van der Waals surface area contributed by atoms with Crippen LogP contribution in [0.15, 0.2) is 55.1 Å². The molecule has 2 aromatic carbocycles. The Morgan fingerprint density at radius 1 is 1.00 bits per heavy atom. The standard InChI is InChI=1S/C19H19F3N4O2/c1-12(14-5-3-8-17(9-14)24-13(2)27)25-26-18(28)11-23-16-7-4-6-15(10-16)19(20,21)22/h3-10,23,25H,1,11H2,2H3,(H,24,27)(H,26,28). The number of benzene rings is 2. The van der Waals surface area contributed by atoms with Gasteiger partial charge in [-0.15, -0.1) is 0 Å². The third kappa shape index (κ3) is 6.35. The summed E-state index contributed by atoms with van der Waals surface area (Å²) in [7, 11) is 0. The van der Waals surface area contributed by atoms with Gasteiger partial charge in [0.05, 0.1) is 17.8 Å². The van der Waals surface area contributed by atoms with Gasteiger partial charge in [-0.25, -0.2) is 0 Å². The summed E-state index contributed by atoms with van der Waals surface area (Å²) in [6.07, 6.45) is -4.45. The quantitative estimate of drug-likeness (QED) is 0.545. The summed E-state index contributed by atoms with van der Waals surface area (Å²) in [4.78, 5) is 23.0. The van der Waals surface area contributed by atoms with Crippen molar-refractivity contribution < 1.29 is 22.8 Å². The molecule has 0 aliphatic rings. The Bertz CT molecular complexity index is 881. The van der Waals surface area contributed by atoms with E-state index in [1.807, 2.05) is 0 Å². The van der Waals surface area contributed by atoms with Crippen LogP contribution in [0.4, 0.5) is 24.5 Å². The lowest BCUT2D eigenvalue weighted by molar-refractivity contribution is -0.137. The molecule has 4 N–H and O–H groups in total. The van der Waals surface area contributed by atoms with Gasteiger partial charge in [-0.2, -0.15) is 13.2 Å². The Hall–Kier alpha value is -3.49. The lowest BCUT2D eigenvalue weighted by atomic mass is 10.1. The minimum atomic E-state index is -4.45. The van der Waals surface area contributed by atoms with E-state index in [-0.39, 0.29) is 18.1 Å². The van der Waals surface area contributed by atoms with Crippen molar-refractivity contribution in [3.8, 4) is 0 Å². The third-order valence-electron chi connectivity index (χ3n) is 3.53. The Balaban J connectivity index is 1.86. The fraction of sp³-hybridized carbons (Fsp3) is 0.158. The molecule has 0 aliphatic heterocycles. The van der Waals surface area contributed by atoms with Gasteiger partial charge in [-0.3, -0.25) is 20.4 Å². The highest BCUT2D eigenvalue weighted by atomic mass is 19.4. The Morgan fingerprint density at radius 2 is 1.68 bits per heavy atom. The van der Waals surface area contributed by atoms with Crippen LogP contribution >= 0.6 is 0 Å². The van der Waals surface area contributed by atoms with Crippen LogP contribution in [0.5, 0.6) is 0 Å². The van der Waals surface area contributed by atoms with Crippen LogP contribution < -0.4 is 21.5 Å². The van der Waals surface area contributed by atoms with Gasteiger partial charge in [-0.05, 0) is 30.3 Å². The monoisotopic (exact) mass is 392 g/mol. The van der Waals surface area contributed by atoms with E-state index >= 15 is 0 Å². The molecule has 2 amide bonds. The van der Waals surface area contributed by atoms with Gasteiger partial charge in [0.25, 0.3) is 5.91 Å². The number of carbonyl (C=O) groups excluding carboxylic acids is 2. The third-order valence-corrected chi connectivity index (χ3v) is 3.53. The number of rotatable bonds is 7. The zero-order chi connectivity index (χ0) is 20.7. The number of carbonyl (C=O) groups is 2. The number of hydrogen-bond acceptors (Lipinski definition) is 4. The Kier molecular flexibility index (Phi) is 6.64. The first-order valence-electron chi connectivity index (χ1n) is 8.18. The molecule has 0 bridgehead atoms. The Labute approximate surface area is 159 Å². The predicted molar refractivity (Wildman–Crippen MR) is 101 cm³/mol. The number of alkyl halides is 3. The highest BCUT2D eigenvalue weighted by molar-refractivity contribution is 5.89. The van der Waals surface area contributed by atoms with E-state index in [2.05, 4.69) is 28.1 Å². The normalized spacial score (nSPS) is 10.7. The van der Waals surface area contributed by atoms with Gasteiger partial charge in [0.1, 0.15) is 0 Å². The number of hydrazine groups is 1. The fourth-order valence-electron chi connectivity index (χ4n) is 2.24. The van der Waals surface area contributed by atoms with E-state index in [4.69, 9.17) is 0 Å². The maximum Gasteiger partial charge on any atom is 0.416 e. The molecule has 148 valence electrons. The van der Waals surface area contributed by atoms with E-state index in [1.54, 1.807) is 24.3 Å². The fourth-order valence-corrected chi connectivity index (χ4v) is 2.24. The van der Waals surface area contributed by atoms with Gasteiger partial charge in [-0.1, -0.05) is 24.8 Å². The zero-order valence-corrected chi connectivity index (χ0v) is 15.0. The average molecular weight is 392 g/mol. The summed E-state index contributed by atoms with van der Waals surface area (Å²) in [6.45, 7) is 4.93. The van der Waals surface area contributed by atoms with Crippen LogP contribution in [0.3, 0.4) is 0 Å². The summed E-state index contributed by atoms with van der Waals surface area (Å²) in [5.41, 5.74) is 5.98. The first-order chi connectivity index (χ1) is 13.1. The first kappa shape index (κ1) is 20.8. The van der Waals surface area contributed by atoms with Gasteiger partial charge in [0.15, 0.2) is 0 Å². The zero-order valence-electron chi connectivity index (χ0n) is 15.0. The Morgan fingerprint density at radius 3 is 2.36 bits per heavy atom. The van der Waals surface area contributed by atoms with Crippen molar-refractivity contribution in [1.29, 1.82) is 0 Å². The number of hydrogen-bond donors (Lipinski definition) is 4. The maximum atomic E-state index is 12.7. The van der Waals surface area contributed by atoms with Gasteiger partial charge >= 0.3 is 6.18 Å². The summed E-state index contributed by atoms with van der Waals surface area (Å²) in [5, 5.41) is 5.26. The first-order valence-corrected chi connectivity index (χ1v) is 8.18. The minimum Gasteiger partial charge on any atom is -0.376 e. The van der Waals surface area contributed by atoms with Gasteiger partial charge < -0.3 is 10.6 Å². The van der Waals surface area contributed by atoms with Crippen molar-refractivity contribution in [3.63, 3.8) is 0 Å². The maximum absolute atomic E-state index is 12.7. The number of amides is 2. The van der Waals surface area contributed by atoms with E-state index < -0.39 is 17.6 Å². The highest BCUT2D eigenvalue weighted by Crippen LogP contribution is 2.30. The lowest BCUT2D eigenvalue weighted by Crippen LogP contribution is -2.39. The second-order valence-electron chi connectivity index (χ2n) is 5.85. The van der Waals surface area contributed by atoms with Crippen LogP contribution in [0.1, 0.15) is 18.1 Å². The number of halogens is 3. The highest BCUT2D eigenvalue weighted by Gasteiger charge is 2.30. The van der Waals surface area contributed by atoms with Crippen LogP contribution in [0.2, 0.25) is 0 Å². The van der Waals surface area contributed by atoms with E-state index in [0.717, 1.165) is 12.1 Å². The van der Waals surface area contributed by atoms with Crippen molar-refractivity contribution in [2.75, 3.05) is 17.2 Å². The molecule has 2 rings (SSSR count). The molecule has 0 radical (unpaired) electrons. The molecule has 0 heterocycles. The lowest BCUT2D eigenvalue weighted by Gasteiger charge is -2.14. The van der Waals surface area contributed by atoms with Crippen LogP contribution in [0, 0.1) is 0 Å². The molecule has 0 saturated carbocycles. The van der Waals surface area contributed by atoms with Crippen LogP contribution in [-0.2, 0) is 15.8 Å². The molecule has 0 aliphatic carbocycles. The largest absolute Gasteiger partial charge is 0.416 e. The predicted octanol–water partition coefficient (Wildman–Crippen LogP) is 3.37. The van der Waals surface area contributed by atoms with Crippen molar-refractivity contribution in [2.45, 2.75) is 13.1 Å². The molecule has 2 aromatic rings. The van der Waals surface area contributed by atoms with Crippen molar-refractivity contribution >= 4 is 28.9 Å². The molecule has 0 fully saturated rings. The van der Waals surface area contributed by atoms with E-state index in [0.29, 0.717) is 16.9 Å². The molecule has 0 spiro atoms. The summed E-state index contributed by atoms with van der Waals surface area (Å²) in [5.74, 6) is -0.721. The van der Waals surface area contributed by atoms with Crippen LogP contribution in [0.25, 0.3) is 5.70 Å². The van der Waals surface area contributed by atoms with Gasteiger partial charge in [0.2, 0.25) is 5.91 Å². The second-order valence-corrected chi connectivity index (χ2v) is 5.85. The van der Waals surface area contributed by atoms with E-state index in [1.165, 1.54) is 19.1 Å². The molecular formula is C19H19F3N4O2. The summed E-state index contributed by atoms with van der Waals surface area (Å²) in [6, 6.07) is 11.4.